The van der Waals surface area contributed by atoms with Gasteiger partial charge in [0, 0.05) is 17.7 Å². The van der Waals surface area contributed by atoms with Gasteiger partial charge in [-0.25, -0.2) is 4.39 Å². The number of nitro groups is 1. The van der Waals surface area contributed by atoms with Gasteiger partial charge in [-0.2, -0.15) is 0 Å². The lowest BCUT2D eigenvalue weighted by atomic mass is 10.2. The Kier molecular flexibility index (Phi) is 4.62. The highest BCUT2D eigenvalue weighted by molar-refractivity contribution is 6.42. The second kappa shape index (κ2) is 6.26. The summed E-state index contributed by atoms with van der Waals surface area (Å²) in [7, 11) is 0. The van der Waals surface area contributed by atoms with Gasteiger partial charge >= 0.3 is 5.69 Å². The molecule has 2 aromatic carbocycles. The first kappa shape index (κ1) is 15.5. The van der Waals surface area contributed by atoms with Crippen LogP contribution in [0, 0.1) is 15.9 Å². The molecule has 0 spiro atoms. The van der Waals surface area contributed by atoms with E-state index in [2.05, 4.69) is 0 Å². The molecule has 1 N–H and O–H groups in total. The van der Waals surface area contributed by atoms with Crippen molar-refractivity contribution in [2.75, 3.05) is 0 Å². The van der Waals surface area contributed by atoms with Crippen molar-refractivity contribution in [3.8, 4) is 11.5 Å². The summed E-state index contributed by atoms with van der Waals surface area (Å²) in [6, 6.07) is 6.06. The third-order valence-corrected chi connectivity index (χ3v) is 3.35. The van der Waals surface area contributed by atoms with Gasteiger partial charge in [0.2, 0.25) is 5.75 Å². The van der Waals surface area contributed by atoms with E-state index in [9.17, 15) is 19.6 Å². The molecule has 0 aromatic heterocycles. The molecule has 2 rings (SSSR count). The van der Waals surface area contributed by atoms with Gasteiger partial charge < -0.3 is 9.84 Å². The van der Waals surface area contributed by atoms with Crippen LogP contribution >= 0.6 is 23.2 Å². The molecule has 0 heterocycles. The number of hydrogen-bond acceptors (Lipinski definition) is 4. The van der Waals surface area contributed by atoms with E-state index in [1.54, 1.807) is 0 Å². The lowest BCUT2D eigenvalue weighted by Gasteiger charge is -2.11. The van der Waals surface area contributed by atoms with E-state index in [0.29, 0.717) is 0 Å². The number of aliphatic hydroxyl groups excluding tert-OH is 1. The predicted octanol–water partition coefficient (Wildman–Crippen LogP) is 4.33. The minimum Gasteiger partial charge on any atom is -0.447 e. The third-order valence-electron chi connectivity index (χ3n) is 2.63. The van der Waals surface area contributed by atoms with Crippen molar-refractivity contribution >= 4 is 28.9 Å². The van der Waals surface area contributed by atoms with E-state index < -0.39 is 23.0 Å². The number of nitro benzene ring substituents is 1. The maximum atomic E-state index is 13.8. The van der Waals surface area contributed by atoms with Crippen LogP contribution in [0.2, 0.25) is 10.0 Å². The highest BCUT2D eigenvalue weighted by Gasteiger charge is 2.21. The van der Waals surface area contributed by atoms with Crippen molar-refractivity contribution in [3.05, 3.63) is 61.9 Å². The summed E-state index contributed by atoms with van der Waals surface area (Å²) in [6.45, 7) is -0.484. The SMILES string of the molecule is O=[N+]([O-])c1cc(Cl)c(Cl)cc1Oc1c(F)cccc1CO. The standard InChI is InChI=1S/C13H8Cl2FNO4/c14-8-4-11(17(19)20)12(5-9(8)15)21-13-7(6-18)2-1-3-10(13)16/h1-5,18H,6H2. The third kappa shape index (κ3) is 3.24. The van der Waals surface area contributed by atoms with Crippen molar-refractivity contribution < 1.29 is 19.2 Å². The molecular formula is C13H8Cl2FNO4. The summed E-state index contributed by atoms with van der Waals surface area (Å²) in [5.74, 6) is -1.34. The van der Waals surface area contributed by atoms with Crippen molar-refractivity contribution in [1.29, 1.82) is 0 Å². The molecule has 0 aliphatic carbocycles. The first-order valence-electron chi connectivity index (χ1n) is 5.63. The van der Waals surface area contributed by atoms with Gasteiger partial charge in [0.05, 0.1) is 21.6 Å². The monoisotopic (exact) mass is 331 g/mol. The van der Waals surface area contributed by atoms with E-state index in [0.717, 1.165) is 18.2 Å². The average molecular weight is 332 g/mol. The second-order valence-electron chi connectivity index (χ2n) is 3.98. The van der Waals surface area contributed by atoms with Gasteiger partial charge in [0.1, 0.15) is 0 Å². The largest absolute Gasteiger partial charge is 0.447 e. The van der Waals surface area contributed by atoms with Crippen LogP contribution in [0.15, 0.2) is 30.3 Å². The minimum atomic E-state index is -0.762. The van der Waals surface area contributed by atoms with Crippen LogP contribution in [-0.2, 0) is 6.61 Å². The number of hydrogen-bond donors (Lipinski definition) is 1. The van der Waals surface area contributed by atoms with Crippen molar-refractivity contribution in [3.63, 3.8) is 0 Å². The quantitative estimate of drug-likeness (QED) is 0.668. The number of rotatable bonds is 4. The summed E-state index contributed by atoms with van der Waals surface area (Å²) in [5.41, 5.74) is -0.313. The zero-order valence-corrected chi connectivity index (χ0v) is 11.9. The van der Waals surface area contributed by atoms with Crippen LogP contribution in [0.4, 0.5) is 10.1 Å². The van der Waals surface area contributed by atoms with E-state index in [-0.39, 0.29) is 27.1 Å². The molecule has 110 valence electrons. The molecule has 0 fully saturated rings. The average Bonchev–Trinajstić information content (AvgIpc) is 2.44. The van der Waals surface area contributed by atoms with Gasteiger partial charge in [-0.3, -0.25) is 10.1 Å². The highest BCUT2D eigenvalue weighted by atomic mass is 35.5. The number of benzene rings is 2. The van der Waals surface area contributed by atoms with E-state index >= 15 is 0 Å². The topological polar surface area (TPSA) is 72.6 Å². The van der Waals surface area contributed by atoms with Crippen LogP contribution in [-0.4, -0.2) is 10.0 Å². The normalized spacial score (nSPS) is 10.5. The fourth-order valence-corrected chi connectivity index (χ4v) is 1.96. The van der Waals surface area contributed by atoms with Crippen LogP contribution in [0.25, 0.3) is 0 Å². The Balaban J connectivity index is 2.54. The molecular weight excluding hydrogens is 324 g/mol. The Bertz CT molecular complexity index is 709. The first-order valence-corrected chi connectivity index (χ1v) is 6.39. The summed E-state index contributed by atoms with van der Waals surface area (Å²) >= 11 is 11.5. The fraction of sp³-hybridized carbons (Fsp3) is 0.0769. The molecule has 5 nitrogen and oxygen atoms in total. The summed E-state index contributed by atoms with van der Waals surface area (Å²) in [4.78, 5) is 10.3. The Morgan fingerprint density at radius 1 is 1.29 bits per heavy atom. The smallest absolute Gasteiger partial charge is 0.313 e. The Morgan fingerprint density at radius 2 is 1.95 bits per heavy atom. The molecule has 0 bridgehead atoms. The fourth-order valence-electron chi connectivity index (χ4n) is 1.64. The molecule has 2 aromatic rings. The molecule has 0 aliphatic heterocycles. The molecule has 0 aliphatic rings. The van der Waals surface area contributed by atoms with Crippen LogP contribution in [0.1, 0.15) is 5.56 Å². The van der Waals surface area contributed by atoms with Gasteiger partial charge in [-0.1, -0.05) is 35.3 Å². The molecule has 0 saturated carbocycles. The Labute approximate surface area is 128 Å². The van der Waals surface area contributed by atoms with Crippen LogP contribution in [0.5, 0.6) is 11.5 Å². The van der Waals surface area contributed by atoms with Gasteiger partial charge in [-0.15, -0.1) is 0 Å². The maximum Gasteiger partial charge on any atom is 0.313 e. The highest BCUT2D eigenvalue weighted by Crippen LogP contribution is 2.39. The Hall–Kier alpha value is -1.89. The van der Waals surface area contributed by atoms with E-state index in [4.69, 9.17) is 27.9 Å². The molecule has 0 atom stereocenters. The maximum absolute atomic E-state index is 13.8. The number of aliphatic hydroxyl groups is 1. The number of nitrogens with zero attached hydrogens (tertiary/aromatic N) is 1. The van der Waals surface area contributed by atoms with Gasteiger partial charge in [-0.05, 0) is 6.07 Å². The van der Waals surface area contributed by atoms with Gasteiger partial charge in [0.25, 0.3) is 0 Å². The molecule has 21 heavy (non-hydrogen) atoms. The van der Waals surface area contributed by atoms with E-state index in [1.165, 1.54) is 12.1 Å². The Morgan fingerprint density at radius 3 is 2.57 bits per heavy atom. The number of para-hydroxylation sites is 1. The minimum absolute atomic E-state index is 0.0216. The van der Waals surface area contributed by atoms with Crippen molar-refractivity contribution in [2.24, 2.45) is 0 Å². The van der Waals surface area contributed by atoms with Gasteiger partial charge in [0.15, 0.2) is 11.6 Å². The lowest BCUT2D eigenvalue weighted by molar-refractivity contribution is -0.385. The first-order chi connectivity index (χ1) is 9.93. The summed E-state index contributed by atoms with van der Waals surface area (Å²) < 4.78 is 19.0. The van der Waals surface area contributed by atoms with Crippen molar-refractivity contribution in [1.82, 2.24) is 0 Å². The lowest BCUT2D eigenvalue weighted by Crippen LogP contribution is -1.98. The second-order valence-corrected chi connectivity index (χ2v) is 4.79. The predicted molar refractivity (Wildman–Crippen MR) is 75.5 cm³/mol. The molecule has 0 saturated heterocycles. The van der Waals surface area contributed by atoms with Crippen LogP contribution in [0.3, 0.4) is 0 Å². The van der Waals surface area contributed by atoms with Crippen molar-refractivity contribution in [2.45, 2.75) is 6.61 Å². The number of halogens is 3. The van der Waals surface area contributed by atoms with Crippen LogP contribution < -0.4 is 4.74 Å². The summed E-state index contributed by atoms with van der Waals surface area (Å²) in [6.07, 6.45) is 0. The molecule has 0 amide bonds. The summed E-state index contributed by atoms with van der Waals surface area (Å²) in [5, 5.41) is 20.2. The van der Waals surface area contributed by atoms with E-state index in [1.807, 2.05) is 0 Å². The zero-order valence-electron chi connectivity index (χ0n) is 10.3. The molecule has 0 radical (unpaired) electrons. The zero-order chi connectivity index (χ0) is 15.6. The number of ether oxygens (including phenoxy) is 1. The molecule has 8 heteroatoms. The molecule has 0 unspecified atom stereocenters.